The maximum Gasteiger partial charge on any atom is 0.272 e. The molecule has 2 aromatic rings. The van der Waals surface area contributed by atoms with E-state index in [0.29, 0.717) is 11.3 Å². The Balaban J connectivity index is 2.15. The summed E-state index contributed by atoms with van der Waals surface area (Å²) in [5.41, 5.74) is 3.63. The van der Waals surface area contributed by atoms with E-state index >= 15 is 0 Å². The summed E-state index contributed by atoms with van der Waals surface area (Å²) in [5, 5.41) is 3.98. The Morgan fingerprint density at radius 3 is 3.00 bits per heavy atom. The molecular weight excluding hydrogens is 520 g/mol. The van der Waals surface area contributed by atoms with Crippen LogP contribution in [0.3, 0.4) is 0 Å². The standard InChI is InChI=1S/C16H11I2N3O2/c1-2-6-23-15-12(7-13(17)8-14(15)18)10-20-21-16(22)11-4-3-5-19-9-11/h1,3-5,7-10H,6H2,(H,21,22)/b20-10+. The van der Waals surface area contributed by atoms with Gasteiger partial charge in [0.25, 0.3) is 5.91 Å². The van der Waals surface area contributed by atoms with Gasteiger partial charge in [-0.15, -0.1) is 6.42 Å². The smallest absolute Gasteiger partial charge is 0.272 e. The van der Waals surface area contributed by atoms with Crippen LogP contribution in [-0.4, -0.2) is 23.7 Å². The van der Waals surface area contributed by atoms with Crippen molar-refractivity contribution in [2.45, 2.75) is 0 Å². The molecule has 0 radical (unpaired) electrons. The Morgan fingerprint density at radius 1 is 1.48 bits per heavy atom. The van der Waals surface area contributed by atoms with Crippen LogP contribution in [0.1, 0.15) is 15.9 Å². The third kappa shape index (κ3) is 5.18. The number of nitrogens with one attached hydrogen (secondary N) is 1. The highest BCUT2D eigenvalue weighted by Crippen LogP contribution is 2.27. The molecule has 0 bridgehead atoms. The highest BCUT2D eigenvalue weighted by molar-refractivity contribution is 14.1. The van der Waals surface area contributed by atoms with E-state index in [9.17, 15) is 4.79 Å². The van der Waals surface area contributed by atoms with Crippen LogP contribution in [0, 0.1) is 19.5 Å². The number of halogens is 2. The molecule has 1 amide bonds. The molecule has 1 aromatic carbocycles. The summed E-state index contributed by atoms with van der Waals surface area (Å²) >= 11 is 4.37. The fourth-order valence-corrected chi connectivity index (χ4v) is 3.71. The monoisotopic (exact) mass is 531 g/mol. The van der Waals surface area contributed by atoms with Crippen molar-refractivity contribution in [2.75, 3.05) is 6.61 Å². The zero-order valence-corrected chi connectivity index (χ0v) is 16.1. The van der Waals surface area contributed by atoms with Gasteiger partial charge in [-0.2, -0.15) is 5.10 Å². The molecule has 2 rings (SSSR count). The Labute approximate surface area is 161 Å². The second-order valence-electron chi connectivity index (χ2n) is 4.24. The number of aromatic nitrogens is 1. The van der Waals surface area contributed by atoms with Crippen molar-refractivity contribution in [3.8, 4) is 18.1 Å². The molecule has 0 unspecified atom stereocenters. The molecule has 0 saturated carbocycles. The molecule has 0 saturated heterocycles. The van der Waals surface area contributed by atoms with Gasteiger partial charge in [0.2, 0.25) is 0 Å². The number of nitrogens with zero attached hydrogens (tertiary/aromatic N) is 2. The lowest BCUT2D eigenvalue weighted by Gasteiger charge is -2.09. The van der Waals surface area contributed by atoms with Gasteiger partial charge in [0.15, 0.2) is 0 Å². The fraction of sp³-hybridized carbons (Fsp3) is 0.0625. The van der Waals surface area contributed by atoms with Gasteiger partial charge in [0.1, 0.15) is 12.4 Å². The van der Waals surface area contributed by atoms with E-state index in [1.807, 2.05) is 12.1 Å². The van der Waals surface area contributed by atoms with Gasteiger partial charge in [-0.25, -0.2) is 5.43 Å². The first kappa shape index (κ1) is 17.7. The first-order valence-electron chi connectivity index (χ1n) is 6.40. The van der Waals surface area contributed by atoms with Gasteiger partial charge >= 0.3 is 0 Å². The Kier molecular flexibility index (Phi) is 6.79. The van der Waals surface area contributed by atoms with Crippen molar-refractivity contribution in [2.24, 2.45) is 5.10 Å². The number of amides is 1. The molecule has 7 heteroatoms. The zero-order valence-electron chi connectivity index (χ0n) is 11.8. The number of carbonyl (C=O) groups is 1. The van der Waals surface area contributed by atoms with E-state index in [2.05, 4.69) is 66.6 Å². The number of terminal acetylenes is 1. The third-order valence-corrected chi connectivity index (χ3v) is 4.05. The van der Waals surface area contributed by atoms with E-state index in [1.165, 1.54) is 12.4 Å². The predicted octanol–water partition coefficient (Wildman–Crippen LogP) is 3.07. The zero-order chi connectivity index (χ0) is 16.7. The SMILES string of the molecule is C#CCOc1c(I)cc(I)cc1/C=N/NC(=O)c1cccnc1. The van der Waals surface area contributed by atoms with Gasteiger partial charge in [0.05, 0.1) is 15.3 Å². The number of benzene rings is 1. The Morgan fingerprint density at radius 2 is 2.30 bits per heavy atom. The number of pyridine rings is 1. The number of rotatable bonds is 5. The van der Waals surface area contributed by atoms with Crippen LogP contribution in [0.4, 0.5) is 0 Å². The summed E-state index contributed by atoms with van der Waals surface area (Å²) in [7, 11) is 0. The summed E-state index contributed by atoms with van der Waals surface area (Å²) in [6.45, 7) is 0.166. The average Bonchev–Trinajstić information content (AvgIpc) is 2.54. The molecule has 0 aliphatic heterocycles. The lowest BCUT2D eigenvalue weighted by molar-refractivity contribution is 0.0955. The number of carbonyl (C=O) groups excluding carboxylic acids is 1. The molecule has 1 aromatic heterocycles. The summed E-state index contributed by atoms with van der Waals surface area (Å²) in [6, 6.07) is 7.22. The molecule has 116 valence electrons. The summed E-state index contributed by atoms with van der Waals surface area (Å²) in [5.74, 6) is 2.74. The number of hydrogen-bond donors (Lipinski definition) is 1. The Bertz CT molecular complexity index is 771. The summed E-state index contributed by atoms with van der Waals surface area (Å²) in [4.78, 5) is 15.8. The van der Waals surface area contributed by atoms with Crippen molar-refractivity contribution in [3.63, 3.8) is 0 Å². The van der Waals surface area contributed by atoms with Crippen LogP contribution in [0.5, 0.6) is 5.75 Å². The predicted molar refractivity (Wildman–Crippen MR) is 106 cm³/mol. The molecule has 0 spiro atoms. The summed E-state index contributed by atoms with van der Waals surface area (Å²) < 4.78 is 7.50. The highest BCUT2D eigenvalue weighted by Gasteiger charge is 2.09. The molecule has 1 N–H and O–H groups in total. The van der Waals surface area contributed by atoms with E-state index in [1.54, 1.807) is 18.3 Å². The third-order valence-electron chi connectivity index (χ3n) is 2.63. The molecule has 0 aliphatic carbocycles. The number of hydrazone groups is 1. The van der Waals surface area contributed by atoms with Crippen LogP contribution in [0.2, 0.25) is 0 Å². The van der Waals surface area contributed by atoms with E-state index in [-0.39, 0.29) is 12.5 Å². The second-order valence-corrected chi connectivity index (χ2v) is 6.65. The normalized spacial score (nSPS) is 10.3. The van der Waals surface area contributed by atoms with Gasteiger partial charge in [-0.1, -0.05) is 5.92 Å². The molecule has 0 fully saturated rings. The summed E-state index contributed by atoms with van der Waals surface area (Å²) in [6.07, 6.45) is 9.84. The fourth-order valence-electron chi connectivity index (χ4n) is 1.66. The lowest BCUT2D eigenvalue weighted by Crippen LogP contribution is -2.17. The molecule has 23 heavy (non-hydrogen) atoms. The number of hydrogen-bond acceptors (Lipinski definition) is 4. The minimum Gasteiger partial charge on any atom is -0.479 e. The van der Waals surface area contributed by atoms with Crippen LogP contribution < -0.4 is 10.2 Å². The minimum absolute atomic E-state index is 0.166. The van der Waals surface area contributed by atoms with Crippen molar-refractivity contribution in [3.05, 3.63) is 54.9 Å². The van der Waals surface area contributed by atoms with Crippen molar-refractivity contribution in [1.82, 2.24) is 10.4 Å². The van der Waals surface area contributed by atoms with Gasteiger partial charge in [-0.05, 0) is 69.4 Å². The minimum atomic E-state index is -0.333. The van der Waals surface area contributed by atoms with Crippen LogP contribution in [-0.2, 0) is 0 Å². The van der Waals surface area contributed by atoms with E-state index in [0.717, 1.165) is 12.7 Å². The lowest BCUT2D eigenvalue weighted by atomic mass is 10.2. The van der Waals surface area contributed by atoms with E-state index < -0.39 is 0 Å². The van der Waals surface area contributed by atoms with Crippen LogP contribution >= 0.6 is 45.2 Å². The molecule has 1 heterocycles. The number of ether oxygens (including phenoxy) is 1. The van der Waals surface area contributed by atoms with Gasteiger partial charge in [-0.3, -0.25) is 9.78 Å². The van der Waals surface area contributed by atoms with Crippen molar-refractivity contribution in [1.29, 1.82) is 0 Å². The maximum absolute atomic E-state index is 11.9. The quantitative estimate of drug-likeness (QED) is 0.280. The molecule has 0 atom stereocenters. The highest BCUT2D eigenvalue weighted by atomic mass is 127. The second kappa shape index (κ2) is 8.83. The van der Waals surface area contributed by atoms with Crippen molar-refractivity contribution >= 4 is 57.3 Å². The Hall–Kier alpha value is -1.67. The molecule has 0 aliphatic rings. The first-order valence-corrected chi connectivity index (χ1v) is 8.56. The topological polar surface area (TPSA) is 63.6 Å². The average molecular weight is 531 g/mol. The van der Waals surface area contributed by atoms with Gasteiger partial charge in [0, 0.05) is 21.5 Å². The largest absolute Gasteiger partial charge is 0.479 e. The van der Waals surface area contributed by atoms with Gasteiger partial charge < -0.3 is 4.74 Å². The first-order chi connectivity index (χ1) is 11.1. The molecular formula is C16H11I2N3O2. The maximum atomic E-state index is 11.9. The van der Waals surface area contributed by atoms with Crippen molar-refractivity contribution < 1.29 is 9.53 Å². The molecule has 5 nitrogen and oxygen atoms in total. The van der Waals surface area contributed by atoms with Crippen LogP contribution in [0.25, 0.3) is 0 Å². The van der Waals surface area contributed by atoms with E-state index in [4.69, 9.17) is 11.2 Å². The van der Waals surface area contributed by atoms with Crippen LogP contribution in [0.15, 0.2) is 41.8 Å².